The Hall–Kier alpha value is -2.92. The summed E-state index contributed by atoms with van der Waals surface area (Å²) >= 11 is 5.78. The molecule has 0 bridgehead atoms. The van der Waals surface area contributed by atoms with Crippen LogP contribution in [0.5, 0.6) is 11.5 Å². The molecule has 0 spiro atoms. The predicted molar refractivity (Wildman–Crippen MR) is 106 cm³/mol. The Morgan fingerprint density at radius 1 is 1.26 bits per heavy atom. The number of nitrogens with one attached hydrogen (secondary N) is 2. The molecule has 6 N–H and O–H groups in total. The first-order chi connectivity index (χ1) is 12.8. The van der Waals surface area contributed by atoms with Crippen molar-refractivity contribution in [1.82, 2.24) is 5.32 Å². The highest BCUT2D eigenvalue weighted by atomic mass is 32.2. The van der Waals surface area contributed by atoms with Gasteiger partial charge in [0.25, 0.3) is 5.69 Å². The molecule has 0 saturated carbocycles. The van der Waals surface area contributed by atoms with Crippen LogP contribution in [-0.4, -0.2) is 15.2 Å². The lowest BCUT2D eigenvalue weighted by molar-refractivity contribution is -0.384. The predicted octanol–water partition coefficient (Wildman–Crippen LogP) is 2.99. The Kier molecular flexibility index (Phi) is 6.91. The molecular formula is C16H16FN5O3S2. The Morgan fingerprint density at radius 3 is 2.56 bits per heavy atom. The molecule has 2 aromatic carbocycles. The number of ether oxygens (including phenoxy) is 1. The Balaban J connectivity index is 2.36. The third kappa shape index (κ3) is 6.08. The van der Waals surface area contributed by atoms with Crippen molar-refractivity contribution < 1.29 is 14.1 Å². The van der Waals surface area contributed by atoms with Crippen molar-refractivity contribution in [3.63, 3.8) is 0 Å². The molecule has 0 atom stereocenters. The van der Waals surface area contributed by atoms with Gasteiger partial charge in [-0.1, -0.05) is 11.8 Å². The standard InChI is InChI=1S/C16H16FN5O3S2/c17-11-1-3-14(10(5-11)8-27-15(18)19)25-13-4-2-12(22(23)24)6-9(13)7-21-16(20)26/h1-6H,7-8H2,(H3,18,19)(H3,20,21,26). The topological polar surface area (TPSA) is 140 Å². The first kappa shape index (κ1) is 20.4. The van der Waals surface area contributed by atoms with Crippen LogP contribution in [0.2, 0.25) is 0 Å². The molecule has 0 saturated heterocycles. The molecule has 2 rings (SSSR count). The molecule has 0 aromatic heterocycles. The number of thioether (sulfide) groups is 1. The van der Waals surface area contributed by atoms with Crippen molar-refractivity contribution in [2.45, 2.75) is 12.3 Å². The fourth-order valence-electron chi connectivity index (χ4n) is 2.13. The number of nitrogens with zero attached hydrogens (tertiary/aromatic N) is 1. The molecule has 27 heavy (non-hydrogen) atoms. The summed E-state index contributed by atoms with van der Waals surface area (Å²) in [5.74, 6) is 0.441. The van der Waals surface area contributed by atoms with Gasteiger partial charge < -0.3 is 21.5 Å². The molecule has 0 aliphatic rings. The summed E-state index contributed by atoms with van der Waals surface area (Å²) < 4.78 is 19.4. The van der Waals surface area contributed by atoms with Crippen molar-refractivity contribution in [3.8, 4) is 11.5 Å². The van der Waals surface area contributed by atoms with Gasteiger partial charge in [-0.2, -0.15) is 0 Å². The Morgan fingerprint density at radius 2 is 1.93 bits per heavy atom. The van der Waals surface area contributed by atoms with Gasteiger partial charge in [0.05, 0.1) is 4.92 Å². The van der Waals surface area contributed by atoms with Crippen LogP contribution < -0.4 is 21.5 Å². The second-order valence-corrected chi connectivity index (χ2v) is 6.73. The number of amidine groups is 1. The van der Waals surface area contributed by atoms with Gasteiger partial charge in [0, 0.05) is 35.6 Å². The van der Waals surface area contributed by atoms with E-state index in [0.717, 1.165) is 11.8 Å². The highest BCUT2D eigenvalue weighted by Gasteiger charge is 2.15. The number of benzene rings is 2. The van der Waals surface area contributed by atoms with Crippen LogP contribution in [0.4, 0.5) is 10.1 Å². The summed E-state index contributed by atoms with van der Waals surface area (Å²) in [7, 11) is 0. The van der Waals surface area contributed by atoms with Crippen LogP contribution in [0, 0.1) is 21.3 Å². The van der Waals surface area contributed by atoms with E-state index in [4.69, 9.17) is 33.8 Å². The number of halogens is 1. The smallest absolute Gasteiger partial charge is 0.270 e. The van der Waals surface area contributed by atoms with Crippen LogP contribution in [0.25, 0.3) is 0 Å². The van der Waals surface area contributed by atoms with E-state index < -0.39 is 10.7 Å². The van der Waals surface area contributed by atoms with Gasteiger partial charge in [-0.25, -0.2) is 4.39 Å². The second kappa shape index (κ2) is 9.14. The fraction of sp³-hybridized carbons (Fsp3) is 0.125. The SMILES string of the molecule is N=C(N)SCc1cc(F)ccc1Oc1ccc([N+](=O)[O-])cc1CNC(N)=S. The molecule has 8 nitrogen and oxygen atoms in total. The number of non-ortho nitro benzene ring substituents is 1. The van der Waals surface area contributed by atoms with Crippen molar-refractivity contribution in [2.24, 2.45) is 11.5 Å². The number of rotatable bonds is 7. The fourth-order valence-corrected chi connectivity index (χ4v) is 2.74. The molecular weight excluding hydrogens is 393 g/mol. The average molecular weight is 409 g/mol. The third-order valence-electron chi connectivity index (χ3n) is 3.33. The maximum Gasteiger partial charge on any atom is 0.270 e. The molecule has 142 valence electrons. The van der Waals surface area contributed by atoms with Crippen molar-refractivity contribution in [3.05, 3.63) is 63.5 Å². The number of hydrogen-bond acceptors (Lipinski definition) is 6. The minimum atomic E-state index is -0.527. The maximum atomic E-state index is 13.6. The third-order valence-corrected chi connectivity index (χ3v) is 4.24. The highest BCUT2D eigenvalue weighted by Crippen LogP contribution is 2.32. The molecule has 2 aromatic rings. The normalized spacial score (nSPS) is 10.3. The quantitative estimate of drug-likeness (QED) is 0.180. The summed E-state index contributed by atoms with van der Waals surface area (Å²) in [5.41, 5.74) is 11.6. The van der Waals surface area contributed by atoms with E-state index in [-0.39, 0.29) is 28.3 Å². The van der Waals surface area contributed by atoms with Crippen molar-refractivity contribution in [2.75, 3.05) is 0 Å². The van der Waals surface area contributed by atoms with E-state index in [1.807, 2.05) is 0 Å². The van der Waals surface area contributed by atoms with Gasteiger partial charge in [0.1, 0.15) is 17.3 Å². The van der Waals surface area contributed by atoms with Gasteiger partial charge in [-0.15, -0.1) is 0 Å². The number of nitro groups is 1. The van der Waals surface area contributed by atoms with Gasteiger partial charge in [0.2, 0.25) is 0 Å². The van der Waals surface area contributed by atoms with Crippen LogP contribution in [0.15, 0.2) is 36.4 Å². The Labute approximate surface area is 163 Å². The number of nitrogens with two attached hydrogens (primary N) is 2. The lowest BCUT2D eigenvalue weighted by atomic mass is 10.1. The maximum absolute atomic E-state index is 13.6. The summed E-state index contributed by atoms with van der Waals surface area (Å²) in [6.07, 6.45) is 0. The number of nitro benzene ring substituents is 1. The van der Waals surface area contributed by atoms with Gasteiger partial charge in [-0.3, -0.25) is 15.5 Å². The molecule has 0 aliphatic heterocycles. The zero-order valence-corrected chi connectivity index (χ0v) is 15.5. The van der Waals surface area contributed by atoms with E-state index in [1.54, 1.807) is 0 Å². The first-order valence-electron chi connectivity index (χ1n) is 7.50. The van der Waals surface area contributed by atoms with Crippen molar-refractivity contribution in [1.29, 1.82) is 5.41 Å². The highest BCUT2D eigenvalue weighted by molar-refractivity contribution is 8.13. The number of hydrogen-bond donors (Lipinski definition) is 4. The van der Waals surface area contributed by atoms with E-state index >= 15 is 0 Å². The molecule has 0 radical (unpaired) electrons. The molecule has 0 amide bonds. The van der Waals surface area contributed by atoms with Crippen LogP contribution in [0.1, 0.15) is 11.1 Å². The lowest BCUT2D eigenvalue weighted by Gasteiger charge is -2.15. The van der Waals surface area contributed by atoms with E-state index in [2.05, 4.69) is 5.32 Å². The Bertz CT molecular complexity index is 894. The van der Waals surface area contributed by atoms with E-state index in [9.17, 15) is 14.5 Å². The average Bonchev–Trinajstić information content (AvgIpc) is 2.60. The van der Waals surface area contributed by atoms with Crippen LogP contribution >= 0.6 is 24.0 Å². The van der Waals surface area contributed by atoms with Gasteiger partial charge in [0.15, 0.2) is 10.3 Å². The van der Waals surface area contributed by atoms with Gasteiger partial charge in [-0.05, 0) is 36.5 Å². The minimum absolute atomic E-state index is 0.0350. The van der Waals surface area contributed by atoms with Crippen LogP contribution in [0.3, 0.4) is 0 Å². The van der Waals surface area contributed by atoms with E-state index in [0.29, 0.717) is 22.6 Å². The second-order valence-electron chi connectivity index (χ2n) is 5.27. The monoisotopic (exact) mass is 409 g/mol. The van der Waals surface area contributed by atoms with E-state index in [1.165, 1.54) is 36.4 Å². The summed E-state index contributed by atoms with van der Waals surface area (Å²) in [5, 5.41) is 21.0. The summed E-state index contributed by atoms with van der Waals surface area (Å²) in [4.78, 5) is 10.5. The van der Waals surface area contributed by atoms with Crippen molar-refractivity contribution >= 4 is 39.9 Å². The summed E-state index contributed by atoms with van der Waals surface area (Å²) in [6, 6.07) is 8.04. The zero-order chi connectivity index (χ0) is 20.0. The molecule has 0 fully saturated rings. The first-order valence-corrected chi connectivity index (χ1v) is 8.89. The summed E-state index contributed by atoms with van der Waals surface area (Å²) in [6.45, 7) is 0.116. The molecule has 11 heteroatoms. The lowest BCUT2D eigenvalue weighted by Crippen LogP contribution is -2.28. The molecule has 0 heterocycles. The minimum Gasteiger partial charge on any atom is -0.457 e. The van der Waals surface area contributed by atoms with Gasteiger partial charge >= 0.3 is 0 Å². The largest absolute Gasteiger partial charge is 0.457 e. The number of thiocarbonyl (C=S) groups is 1. The molecule has 0 unspecified atom stereocenters. The van der Waals surface area contributed by atoms with Crippen LogP contribution in [-0.2, 0) is 12.3 Å². The zero-order valence-electron chi connectivity index (χ0n) is 13.9. The molecule has 0 aliphatic carbocycles.